The van der Waals surface area contributed by atoms with Crippen molar-refractivity contribution in [2.24, 2.45) is 0 Å². The van der Waals surface area contributed by atoms with Crippen LogP contribution in [-0.4, -0.2) is 24.1 Å². The molecule has 0 spiro atoms. The van der Waals surface area contributed by atoms with E-state index in [4.69, 9.17) is 4.98 Å². The first-order valence-corrected chi connectivity index (χ1v) is 6.83. The predicted octanol–water partition coefficient (Wildman–Crippen LogP) is -6.14. The Hall–Kier alpha value is -0.209. The molecule has 5 nitrogen and oxygen atoms in total. The number of aromatic nitrogens is 5. The minimum absolute atomic E-state index is 0. The fraction of sp³-hybridized carbons (Fsp3) is 0.267. The maximum absolute atomic E-state index is 4.71. The van der Waals surface area contributed by atoms with E-state index in [9.17, 15) is 0 Å². The summed E-state index contributed by atoms with van der Waals surface area (Å²) < 4.78 is 4.16. The third-order valence-electron chi connectivity index (χ3n) is 3.32. The summed E-state index contributed by atoms with van der Waals surface area (Å²) in [7, 11) is 0. The molecule has 0 aliphatic heterocycles. The molecule has 9 heteroatoms. The van der Waals surface area contributed by atoms with Gasteiger partial charge in [-0.15, -0.1) is 0 Å². The average Bonchev–Trinajstić information content (AvgIpc) is 3.15. The number of imidazole rings is 2. The zero-order valence-electron chi connectivity index (χ0n) is 13.3. The number of hydrogen-bond acceptors (Lipinski definition) is 3. The molecular formula is C15H17Cl3N5Nd. The summed E-state index contributed by atoms with van der Waals surface area (Å²) in [6, 6.07) is 5.97. The topological polar surface area (TPSA) is 48.5 Å². The molecule has 3 heterocycles. The summed E-state index contributed by atoms with van der Waals surface area (Å²) in [5.41, 5.74) is 1.75. The second-order valence-corrected chi connectivity index (χ2v) is 4.48. The third kappa shape index (κ3) is 5.39. The summed E-state index contributed by atoms with van der Waals surface area (Å²) in [5, 5.41) is 0. The van der Waals surface area contributed by atoms with Crippen molar-refractivity contribution in [2.75, 3.05) is 0 Å². The monoisotopic (exact) mass is 514 g/mol. The quantitative estimate of drug-likeness (QED) is 0.346. The Balaban J connectivity index is 0. The van der Waals surface area contributed by atoms with Gasteiger partial charge in [-0.1, -0.05) is 6.07 Å². The molecule has 3 aromatic rings. The normalized spacial score (nSPS) is 9.08. The molecular weight excluding hydrogens is 501 g/mol. The first-order chi connectivity index (χ1) is 9.83. The zero-order chi connectivity index (χ0) is 13.9. The van der Waals surface area contributed by atoms with Crippen LogP contribution in [0.15, 0.2) is 43.0 Å². The van der Waals surface area contributed by atoms with E-state index >= 15 is 0 Å². The molecule has 3 aromatic heterocycles. The van der Waals surface area contributed by atoms with Gasteiger partial charge in [-0.3, -0.25) is 0 Å². The van der Waals surface area contributed by atoms with Gasteiger partial charge in [-0.05, 0) is 26.0 Å². The van der Waals surface area contributed by atoms with Crippen LogP contribution in [0.5, 0.6) is 0 Å². The van der Waals surface area contributed by atoms with Gasteiger partial charge in [0.25, 0.3) is 0 Å². The van der Waals surface area contributed by atoms with Gasteiger partial charge in [-0.25, -0.2) is 15.0 Å². The molecule has 1 radical (unpaired) electrons. The first kappa shape index (κ1) is 26.0. The van der Waals surface area contributed by atoms with Crippen LogP contribution in [0.25, 0.3) is 23.0 Å². The maximum Gasteiger partial charge on any atom is 3.00 e. The summed E-state index contributed by atoms with van der Waals surface area (Å²) in [6.07, 6.45) is 7.55. The maximum atomic E-state index is 4.71. The molecule has 24 heavy (non-hydrogen) atoms. The number of rotatable bonds is 4. The fourth-order valence-electron chi connectivity index (χ4n) is 2.28. The molecule has 0 atom stereocenters. The molecule has 0 unspecified atom stereocenters. The Labute approximate surface area is 193 Å². The Bertz CT molecular complexity index is 672. The number of nitrogens with zero attached hydrogens (tertiary/aromatic N) is 5. The van der Waals surface area contributed by atoms with Gasteiger partial charge >= 0.3 is 40.8 Å². The minimum Gasteiger partial charge on any atom is -1.00 e. The van der Waals surface area contributed by atoms with Crippen LogP contribution < -0.4 is 37.2 Å². The SMILES string of the molecule is CCn1ccnc1-c1cccc(-c2nccn2CC)n1.[Cl-].[Cl-].[Cl-].[Nd+3]. The van der Waals surface area contributed by atoms with E-state index in [-0.39, 0.29) is 78.1 Å². The molecule has 0 fully saturated rings. The van der Waals surface area contributed by atoms with Crippen molar-refractivity contribution in [3.63, 3.8) is 0 Å². The third-order valence-corrected chi connectivity index (χ3v) is 3.32. The summed E-state index contributed by atoms with van der Waals surface area (Å²) in [4.78, 5) is 13.5. The van der Waals surface area contributed by atoms with Gasteiger partial charge in [0.1, 0.15) is 11.4 Å². The molecule has 0 aliphatic rings. The largest absolute Gasteiger partial charge is 3.00 e. The Morgan fingerprint density at radius 2 is 1.21 bits per heavy atom. The van der Waals surface area contributed by atoms with Gasteiger partial charge in [0, 0.05) is 37.9 Å². The van der Waals surface area contributed by atoms with Crippen molar-refractivity contribution < 1.29 is 78.1 Å². The Kier molecular flexibility index (Phi) is 13.2. The van der Waals surface area contributed by atoms with E-state index < -0.39 is 0 Å². The zero-order valence-corrected chi connectivity index (χ0v) is 18.8. The molecule has 0 saturated heterocycles. The Morgan fingerprint density at radius 3 is 1.58 bits per heavy atom. The number of halogens is 3. The van der Waals surface area contributed by atoms with Crippen LogP contribution in [0.3, 0.4) is 0 Å². The minimum atomic E-state index is 0. The number of pyridine rings is 1. The van der Waals surface area contributed by atoms with E-state index in [0.717, 1.165) is 36.1 Å². The van der Waals surface area contributed by atoms with Gasteiger partial charge in [0.15, 0.2) is 11.6 Å². The van der Waals surface area contributed by atoms with E-state index in [1.165, 1.54) is 0 Å². The molecule has 0 N–H and O–H groups in total. The van der Waals surface area contributed by atoms with Crippen LogP contribution in [0.4, 0.5) is 0 Å². The Morgan fingerprint density at radius 1 is 0.792 bits per heavy atom. The van der Waals surface area contributed by atoms with Gasteiger partial charge in [-0.2, -0.15) is 0 Å². The molecule has 0 amide bonds. The van der Waals surface area contributed by atoms with Gasteiger partial charge in [0.2, 0.25) is 0 Å². The van der Waals surface area contributed by atoms with Crippen LogP contribution in [-0.2, 0) is 13.1 Å². The summed E-state index contributed by atoms with van der Waals surface area (Å²) >= 11 is 0. The second kappa shape index (κ2) is 12.2. The fourth-order valence-corrected chi connectivity index (χ4v) is 2.28. The standard InChI is InChI=1S/C15H17N5.3ClH.Nd/c1-3-19-10-8-16-14(19)12-6-5-7-13(18-12)15-17-9-11-20(15)4-2;;;;/h5-11H,3-4H2,1-2H3;3*1H;/q;;;;+3/p-3. The predicted molar refractivity (Wildman–Crippen MR) is 78.0 cm³/mol. The van der Waals surface area contributed by atoms with E-state index in [2.05, 4.69) is 32.9 Å². The van der Waals surface area contributed by atoms with E-state index in [0.29, 0.717) is 0 Å². The summed E-state index contributed by atoms with van der Waals surface area (Å²) in [5.74, 6) is 1.79. The molecule has 0 bridgehead atoms. The molecule has 0 aromatic carbocycles. The summed E-state index contributed by atoms with van der Waals surface area (Å²) in [6.45, 7) is 5.95. The first-order valence-electron chi connectivity index (χ1n) is 6.83. The van der Waals surface area contributed by atoms with Crippen molar-refractivity contribution in [1.82, 2.24) is 24.1 Å². The molecule has 3 rings (SSSR count). The molecule has 0 saturated carbocycles. The van der Waals surface area contributed by atoms with Gasteiger partial charge in [0.05, 0.1) is 0 Å². The average molecular weight is 518 g/mol. The van der Waals surface area contributed by atoms with E-state index in [1.54, 1.807) is 12.4 Å². The number of hydrogen-bond donors (Lipinski definition) is 0. The van der Waals surface area contributed by atoms with Crippen LogP contribution >= 0.6 is 0 Å². The van der Waals surface area contributed by atoms with Crippen molar-refractivity contribution in [3.8, 4) is 23.0 Å². The smallest absolute Gasteiger partial charge is 1.00 e. The van der Waals surface area contributed by atoms with Crippen molar-refractivity contribution in [2.45, 2.75) is 26.9 Å². The number of aryl methyl sites for hydroxylation is 2. The van der Waals surface area contributed by atoms with Crippen molar-refractivity contribution in [1.29, 1.82) is 0 Å². The van der Waals surface area contributed by atoms with Gasteiger partial charge < -0.3 is 46.4 Å². The second-order valence-electron chi connectivity index (χ2n) is 4.48. The molecule has 0 aliphatic carbocycles. The van der Waals surface area contributed by atoms with Crippen molar-refractivity contribution in [3.05, 3.63) is 43.0 Å². The van der Waals surface area contributed by atoms with Crippen LogP contribution in [0, 0.1) is 40.8 Å². The molecule has 127 valence electrons. The van der Waals surface area contributed by atoms with Crippen molar-refractivity contribution >= 4 is 0 Å². The van der Waals surface area contributed by atoms with Crippen LogP contribution in [0.1, 0.15) is 13.8 Å². The van der Waals surface area contributed by atoms with E-state index in [1.807, 2.05) is 30.6 Å². The van der Waals surface area contributed by atoms with Crippen LogP contribution in [0.2, 0.25) is 0 Å².